The van der Waals surface area contributed by atoms with Crippen LogP contribution in [0.25, 0.3) is 0 Å². The molecule has 0 fully saturated rings. The van der Waals surface area contributed by atoms with Gasteiger partial charge in [-0.2, -0.15) is 8.42 Å². The molecule has 1 aromatic rings. The molecule has 110 valence electrons. The van der Waals surface area contributed by atoms with Gasteiger partial charge in [0.2, 0.25) is 0 Å². The largest absolute Gasteiger partial charge is 0.480 e. The summed E-state index contributed by atoms with van der Waals surface area (Å²) in [6.45, 7) is 1.83. The molecule has 0 aliphatic heterocycles. The van der Waals surface area contributed by atoms with Gasteiger partial charge < -0.3 is 10.4 Å². The van der Waals surface area contributed by atoms with E-state index in [0.29, 0.717) is 12.0 Å². The molecule has 1 atom stereocenters. The van der Waals surface area contributed by atoms with E-state index in [2.05, 4.69) is 5.32 Å². The van der Waals surface area contributed by atoms with Crippen LogP contribution < -0.4 is 5.32 Å². The third kappa shape index (κ3) is 4.63. The number of hydrogen-bond acceptors (Lipinski definition) is 4. The molecule has 1 amide bonds. The molecule has 3 N–H and O–H groups in total. The van der Waals surface area contributed by atoms with Crippen molar-refractivity contribution in [3.8, 4) is 0 Å². The van der Waals surface area contributed by atoms with Gasteiger partial charge in [0.15, 0.2) is 0 Å². The van der Waals surface area contributed by atoms with Crippen molar-refractivity contribution in [1.29, 1.82) is 0 Å². The van der Waals surface area contributed by atoms with Crippen molar-refractivity contribution in [3.05, 3.63) is 35.4 Å². The highest BCUT2D eigenvalue weighted by atomic mass is 32.2. The van der Waals surface area contributed by atoms with E-state index in [1.54, 1.807) is 18.2 Å². The minimum atomic E-state index is -4.51. The predicted octanol–water partition coefficient (Wildman–Crippen LogP) is 0.320. The number of carboxylic acid groups (broad SMARTS) is 1. The number of hydrogen-bond donors (Lipinski definition) is 3. The number of amides is 1. The van der Waals surface area contributed by atoms with Crippen molar-refractivity contribution < 1.29 is 27.7 Å². The molecule has 1 aromatic carbocycles. The Kier molecular flexibility index (Phi) is 5.23. The molecule has 0 spiro atoms. The highest BCUT2D eigenvalue weighted by Crippen LogP contribution is 2.09. The molecule has 0 heterocycles. The Morgan fingerprint density at radius 2 is 1.90 bits per heavy atom. The molecule has 0 aliphatic carbocycles. The molecule has 0 saturated carbocycles. The zero-order chi connectivity index (χ0) is 15.3. The van der Waals surface area contributed by atoms with E-state index < -0.39 is 33.8 Å². The van der Waals surface area contributed by atoms with Gasteiger partial charge >= 0.3 is 5.97 Å². The Morgan fingerprint density at radius 1 is 1.30 bits per heavy atom. The van der Waals surface area contributed by atoms with E-state index in [0.717, 1.165) is 0 Å². The first kappa shape index (κ1) is 16.1. The minimum absolute atomic E-state index is 0.275. The molecular weight excluding hydrogens is 286 g/mol. The van der Waals surface area contributed by atoms with Crippen LogP contribution >= 0.6 is 0 Å². The maximum absolute atomic E-state index is 12.0. The van der Waals surface area contributed by atoms with Gasteiger partial charge in [0.1, 0.15) is 11.8 Å². The van der Waals surface area contributed by atoms with Crippen LogP contribution in [0.1, 0.15) is 22.8 Å². The molecule has 0 saturated heterocycles. The summed E-state index contributed by atoms with van der Waals surface area (Å²) in [5, 5.41) is 11.0. The van der Waals surface area contributed by atoms with E-state index in [4.69, 9.17) is 9.66 Å². The zero-order valence-corrected chi connectivity index (χ0v) is 11.6. The third-order valence-corrected chi connectivity index (χ3v) is 3.38. The number of carbonyl (C=O) groups excluding carboxylic acids is 1. The number of carbonyl (C=O) groups is 2. The fourth-order valence-corrected chi connectivity index (χ4v) is 2.32. The van der Waals surface area contributed by atoms with Crippen LogP contribution in [0, 0.1) is 0 Å². The average molecular weight is 301 g/mol. The second kappa shape index (κ2) is 6.49. The summed E-state index contributed by atoms with van der Waals surface area (Å²) in [6, 6.07) is 4.88. The third-order valence-electron chi connectivity index (χ3n) is 2.62. The van der Waals surface area contributed by atoms with Gasteiger partial charge in [-0.15, -0.1) is 0 Å². The molecule has 0 unspecified atom stereocenters. The van der Waals surface area contributed by atoms with Crippen molar-refractivity contribution >= 4 is 22.0 Å². The number of carboxylic acids is 1. The summed E-state index contributed by atoms with van der Waals surface area (Å²) in [5.74, 6) is -3.31. The molecule has 0 aliphatic rings. The van der Waals surface area contributed by atoms with E-state index in [-0.39, 0.29) is 5.56 Å². The summed E-state index contributed by atoms with van der Waals surface area (Å²) in [7, 11) is -4.51. The fraction of sp³-hybridized carbons (Fsp3) is 0.333. The number of aryl methyl sites for hydroxylation is 1. The number of nitrogens with one attached hydrogen (secondary N) is 1. The topological polar surface area (TPSA) is 121 Å². The van der Waals surface area contributed by atoms with Crippen LogP contribution in [-0.4, -0.2) is 41.7 Å². The quantitative estimate of drug-likeness (QED) is 0.651. The Bertz CT molecular complexity index is 610. The van der Waals surface area contributed by atoms with Crippen LogP contribution in [0.4, 0.5) is 0 Å². The maximum Gasteiger partial charge on any atom is 0.327 e. The van der Waals surface area contributed by atoms with Crippen LogP contribution in [0.3, 0.4) is 0 Å². The van der Waals surface area contributed by atoms with Crippen molar-refractivity contribution in [2.75, 3.05) is 5.75 Å². The number of benzene rings is 1. The lowest BCUT2D eigenvalue weighted by molar-refractivity contribution is -0.138. The first-order valence-electron chi connectivity index (χ1n) is 5.81. The number of rotatable bonds is 6. The zero-order valence-electron chi connectivity index (χ0n) is 10.7. The maximum atomic E-state index is 12.0. The monoisotopic (exact) mass is 301 g/mol. The predicted molar refractivity (Wildman–Crippen MR) is 71.1 cm³/mol. The second-order valence-corrected chi connectivity index (χ2v) is 5.62. The summed E-state index contributed by atoms with van der Waals surface area (Å²) < 4.78 is 30.1. The van der Waals surface area contributed by atoms with Gasteiger partial charge in [0, 0.05) is 5.56 Å². The summed E-state index contributed by atoms with van der Waals surface area (Å²) in [4.78, 5) is 22.9. The molecule has 7 nitrogen and oxygen atoms in total. The van der Waals surface area contributed by atoms with Crippen molar-refractivity contribution in [3.63, 3.8) is 0 Å². The lowest BCUT2D eigenvalue weighted by atomic mass is 10.0. The van der Waals surface area contributed by atoms with E-state index in [1.807, 2.05) is 6.92 Å². The second-order valence-electron chi connectivity index (χ2n) is 4.12. The van der Waals surface area contributed by atoms with Crippen LogP contribution in [0.2, 0.25) is 0 Å². The van der Waals surface area contributed by atoms with E-state index in [1.165, 1.54) is 6.07 Å². The SMILES string of the molecule is CCc1ccccc1C(=O)N[C@@H](CS(=O)(=O)O)C(=O)O. The van der Waals surface area contributed by atoms with Gasteiger partial charge in [-0.1, -0.05) is 25.1 Å². The Balaban J connectivity index is 2.94. The van der Waals surface area contributed by atoms with Crippen molar-refractivity contribution in [2.24, 2.45) is 0 Å². The van der Waals surface area contributed by atoms with Gasteiger partial charge in [0.25, 0.3) is 16.0 Å². The van der Waals surface area contributed by atoms with Gasteiger partial charge in [0.05, 0.1) is 0 Å². The van der Waals surface area contributed by atoms with Gasteiger partial charge in [-0.3, -0.25) is 9.35 Å². The molecule has 0 radical (unpaired) electrons. The Hall–Kier alpha value is -1.93. The fourth-order valence-electron chi connectivity index (χ4n) is 1.67. The lowest BCUT2D eigenvalue weighted by Crippen LogP contribution is -2.45. The first-order valence-corrected chi connectivity index (χ1v) is 7.42. The minimum Gasteiger partial charge on any atom is -0.480 e. The van der Waals surface area contributed by atoms with Crippen LogP contribution in [0.5, 0.6) is 0 Å². The molecule has 20 heavy (non-hydrogen) atoms. The molecule has 1 rings (SSSR count). The standard InChI is InChI=1S/C12H15NO6S/c1-2-8-5-3-4-6-9(8)11(14)13-10(12(15)16)7-20(17,18)19/h3-6,10H,2,7H2,1H3,(H,13,14)(H,15,16)(H,17,18,19)/t10-/m0/s1. The van der Waals surface area contributed by atoms with Crippen LogP contribution in [0.15, 0.2) is 24.3 Å². The first-order chi connectivity index (χ1) is 9.24. The van der Waals surface area contributed by atoms with Crippen LogP contribution in [-0.2, 0) is 21.3 Å². The van der Waals surface area contributed by atoms with E-state index >= 15 is 0 Å². The van der Waals surface area contributed by atoms with Gasteiger partial charge in [-0.05, 0) is 18.1 Å². The number of aliphatic carboxylic acids is 1. The summed E-state index contributed by atoms with van der Waals surface area (Å²) in [6.07, 6.45) is 0.569. The smallest absolute Gasteiger partial charge is 0.327 e. The Labute approximate surface area is 116 Å². The molecule has 0 bridgehead atoms. The summed E-state index contributed by atoms with van der Waals surface area (Å²) >= 11 is 0. The normalized spacial score (nSPS) is 12.7. The van der Waals surface area contributed by atoms with Crippen molar-refractivity contribution in [1.82, 2.24) is 5.32 Å². The summed E-state index contributed by atoms with van der Waals surface area (Å²) in [5.41, 5.74) is 0.984. The average Bonchev–Trinajstić information content (AvgIpc) is 2.36. The van der Waals surface area contributed by atoms with E-state index in [9.17, 15) is 18.0 Å². The Morgan fingerprint density at radius 3 is 2.40 bits per heavy atom. The highest BCUT2D eigenvalue weighted by Gasteiger charge is 2.26. The molecular formula is C12H15NO6S. The highest BCUT2D eigenvalue weighted by molar-refractivity contribution is 7.85. The van der Waals surface area contributed by atoms with Gasteiger partial charge in [-0.25, -0.2) is 4.79 Å². The lowest BCUT2D eigenvalue weighted by Gasteiger charge is -2.14. The molecule has 8 heteroatoms. The van der Waals surface area contributed by atoms with Crippen molar-refractivity contribution in [2.45, 2.75) is 19.4 Å². The molecule has 0 aromatic heterocycles.